The second-order valence-corrected chi connectivity index (χ2v) is 8.09. The van der Waals surface area contributed by atoms with Gasteiger partial charge in [-0.05, 0) is 43.2 Å². The molecule has 0 heterocycles. The highest BCUT2D eigenvalue weighted by Gasteiger charge is 2.18. The predicted octanol–water partition coefficient (Wildman–Crippen LogP) is 3.43. The summed E-state index contributed by atoms with van der Waals surface area (Å²) in [5.74, 6) is 0.0824. The molecule has 2 aromatic carbocycles. The summed E-state index contributed by atoms with van der Waals surface area (Å²) in [7, 11) is -2.40. The number of ether oxygens (including phenoxy) is 2. The first-order valence-electron chi connectivity index (χ1n) is 9.59. The van der Waals surface area contributed by atoms with E-state index in [0.29, 0.717) is 31.0 Å². The number of nitrogens with one attached hydrogen (secondary N) is 2. The summed E-state index contributed by atoms with van der Waals surface area (Å²) in [5.41, 5.74) is 0.604. The lowest BCUT2D eigenvalue weighted by Gasteiger charge is -2.12. The highest BCUT2D eigenvalue weighted by Crippen LogP contribution is 2.26. The zero-order valence-electron chi connectivity index (χ0n) is 16.8. The van der Waals surface area contributed by atoms with Gasteiger partial charge in [0, 0.05) is 25.3 Å². The maximum absolute atomic E-state index is 12.7. The van der Waals surface area contributed by atoms with Crippen molar-refractivity contribution in [2.45, 2.75) is 31.1 Å². The van der Waals surface area contributed by atoms with Crippen LogP contribution in [-0.2, 0) is 14.8 Å². The van der Waals surface area contributed by atoms with Crippen molar-refractivity contribution in [2.24, 2.45) is 0 Å². The molecule has 8 heteroatoms. The van der Waals surface area contributed by atoms with E-state index >= 15 is 0 Å². The lowest BCUT2D eigenvalue weighted by atomic mass is 10.2. The average Bonchev–Trinajstić information content (AvgIpc) is 2.73. The van der Waals surface area contributed by atoms with E-state index in [1.807, 2.05) is 0 Å². The van der Waals surface area contributed by atoms with Crippen molar-refractivity contribution in [3.05, 3.63) is 54.1 Å². The van der Waals surface area contributed by atoms with Crippen molar-refractivity contribution >= 4 is 21.6 Å². The Morgan fingerprint density at radius 1 is 1.03 bits per heavy atom. The van der Waals surface area contributed by atoms with Crippen molar-refractivity contribution in [1.29, 1.82) is 0 Å². The fraction of sp³-hybridized carbons (Fsp3) is 0.381. The Morgan fingerprint density at radius 2 is 1.79 bits per heavy atom. The third-order valence-corrected chi connectivity index (χ3v) is 5.51. The molecular weight excluding hydrogens is 392 g/mol. The van der Waals surface area contributed by atoms with Crippen molar-refractivity contribution in [3.8, 4) is 5.75 Å². The average molecular weight is 421 g/mol. The Hall–Kier alpha value is -2.58. The minimum atomic E-state index is -3.87. The Labute approximate surface area is 172 Å². The van der Waals surface area contributed by atoms with Crippen LogP contribution in [-0.4, -0.2) is 41.2 Å². The molecule has 0 saturated heterocycles. The third-order valence-electron chi connectivity index (χ3n) is 4.15. The molecule has 0 aliphatic heterocycles. The summed E-state index contributed by atoms with van der Waals surface area (Å²) in [6, 6.07) is 12.6. The number of para-hydroxylation sites is 2. The number of unbranched alkanes of at least 4 members (excludes halogenated alkanes) is 1. The first-order chi connectivity index (χ1) is 14.0. The van der Waals surface area contributed by atoms with E-state index in [9.17, 15) is 13.2 Å². The molecule has 0 bridgehead atoms. The normalized spacial score (nSPS) is 11.1. The molecule has 29 heavy (non-hydrogen) atoms. The van der Waals surface area contributed by atoms with E-state index in [1.165, 1.54) is 19.2 Å². The number of sulfonamides is 1. The zero-order chi connectivity index (χ0) is 21.1. The van der Waals surface area contributed by atoms with Gasteiger partial charge in [-0.15, -0.1) is 0 Å². The van der Waals surface area contributed by atoms with Gasteiger partial charge in [-0.2, -0.15) is 0 Å². The lowest BCUT2D eigenvalue weighted by molar-refractivity contribution is 0.0940. The molecule has 0 radical (unpaired) electrons. The summed E-state index contributed by atoms with van der Waals surface area (Å²) in [6.07, 6.45) is 2.81. The van der Waals surface area contributed by atoms with Crippen LogP contribution in [0.3, 0.4) is 0 Å². The van der Waals surface area contributed by atoms with Crippen molar-refractivity contribution < 1.29 is 22.7 Å². The maximum atomic E-state index is 12.7. The number of carbonyl (C=O) groups is 1. The van der Waals surface area contributed by atoms with Crippen molar-refractivity contribution in [1.82, 2.24) is 5.32 Å². The summed E-state index contributed by atoms with van der Waals surface area (Å²) >= 11 is 0. The Kier molecular flexibility index (Phi) is 8.95. The molecule has 0 aromatic heterocycles. The molecule has 1 amide bonds. The zero-order valence-corrected chi connectivity index (χ0v) is 17.6. The lowest BCUT2D eigenvalue weighted by Crippen LogP contribution is -2.25. The molecule has 2 N–H and O–H groups in total. The van der Waals surface area contributed by atoms with Crippen LogP contribution in [0.15, 0.2) is 53.4 Å². The molecule has 0 aliphatic carbocycles. The topological polar surface area (TPSA) is 93.7 Å². The number of carbonyl (C=O) groups excluding carboxylic acids is 1. The van der Waals surface area contributed by atoms with E-state index in [2.05, 4.69) is 17.0 Å². The minimum absolute atomic E-state index is 0.000968. The number of methoxy groups -OCH3 is 1. The van der Waals surface area contributed by atoms with Gasteiger partial charge in [-0.3, -0.25) is 9.52 Å². The van der Waals surface area contributed by atoms with Crippen LogP contribution in [0.1, 0.15) is 36.5 Å². The highest BCUT2D eigenvalue weighted by molar-refractivity contribution is 7.92. The van der Waals surface area contributed by atoms with Crippen LogP contribution in [0, 0.1) is 0 Å². The number of rotatable bonds is 12. The van der Waals surface area contributed by atoms with Gasteiger partial charge >= 0.3 is 0 Å². The second-order valence-electron chi connectivity index (χ2n) is 6.41. The molecule has 158 valence electrons. The van der Waals surface area contributed by atoms with Crippen LogP contribution in [0.25, 0.3) is 0 Å². The minimum Gasteiger partial charge on any atom is -0.495 e. The molecule has 0 unspecified atom stereocenters. The second kappa shape index (κ2) is 11.4. The molecule has 0 fully saturated rings. The molecule has 2 aromatic rings. The number of hydrogen-bond acceptors (Lipinski definition) is 5. The maximum Gasteiger partial charge on any atom is 0.262 e. The van der Waals surface area contributed by atoms with Gasteiger partial charge in [0.25, 0.3) is 15.9 Å². The first kappa shape index (κ1) is 22.7. The van der Waals surface area contributed by atoms with Crippen LogP contribution in [0.4, 0.5) is 5.69 Å². The smallest absolute Gasteiger partial charge is 0.262 e. The van der Waals surface area contributed by atoms with Gasteiger partial charge in [0.05, 0.1) is 17.7 Å². The Bertz CT molecular complexity index is 899. The Balaban J connectivity index is 1.98. The van der Waals surface area contributed by atoms with Gasteiger partial charge < -0.3 is 14.8 Å². The number of benzene rings is 2. The summed E-state index contributed by atoms with van der Waals surface area (Å²) < 4.78 is 38.6. The fourth-order valence-electron chi connectivity index (χ4n) is 2.56. The molecule has 0 saturated carbocycles. The SMILES string of the molecule is CCCCOCCCNC(=O)c1cccc(S(=O)(=O)Nc2ccccc2OC)c1. The molecule has 7 nitrogen and oxygen atoms in total. The number of amides is 1. The monoisotopic (exact) mass is 420 g/mol. The largest absolute Gasteiger partial charge is 0.495 e. The van der Waals surface area contributed by atoms with Crippen LogP contribution in [0.2, 0.25) is 0 Å². The van der Waals surface area contributed by atoms with E-state index in [4.69, 9.17) is 9.47 Å². The summed E-state index contributed by atoms with van der Waals surface area (Å²) in [5, 5.41) is 2.78. The third kappa shape index (κ3) is 7.07. The van der Waals surface area contributed by atoms with Crippen LogP contribution >= 0.6 is 0 Å². The quantitative estimate of drug-likeness (QED) is 0.513. The van der Waals surface area contributed by atoms with Crippen molar-refractivity contribution in [3.63, 3.8) is 0 Å². The van der Waals surface area contributed by atoms with E-state index < -0.39 is 10.0 Å². The number of anilines is 1. The predicted molar refractivity (Wildman–Crippen MR) is 113 cm³/mol. The summed E-state index contributed by atoms with van der Waals surface area (Å²) in [4.78, 5) is 12.3. The van der Waals surface area contributed by atoms with Gasteiger partial charge in [-0.25, -0.2) is 8.42 Å². The standard InChI is InChI=1S/C21H28N2O5S/c1-3-4-14-28-15-8-13-22-21(24)17-9-7-10-18(16-17)29(25,26)23-19-11-5-6-12-20(19)27-2/h5-7,9-12,16,23H,3-4,8,13-15H2,1-2H3,(H,22,24). The van der Waals surface area contributed by atoms with Gasteiger partial charge in [0.15, 0.2) is 0 Å². The van der Waals surface area contributed by atoms with Crippen LogP contribution in [0.5, 0.6) is 5.75 Å². The van der Waals surface area contributed by atoms with Gasteiger partial charge in [-0.1, -0.05) is 31.5 Å². The molecule has 0 aliphatic rings. The Morgan fingerprint density at radius 3 is 2.55 bits per heavy atom. The highest BCUT2D eigenvalue weighted by atomic mass is 32.2. The number of hydrogen-bond donors (Lipinski definition) is 2. The van der Waals surface area contributed by atoms with Crippen LogP contribution < -0.4 is 14.8 Å². The van der Waals surface area contributed by atoms with Crippen molar-refractivity contribution in [2.75, 3.05) is 31.6 Å². The van der Waals surface area contributed by atoms with Gasteiger partial charge in [0.1, 0.15) is 5.75 Å². The van der Waals surface area contributed by atoms with Gasteiger partial charge in [0.2, 0.25) is 0 Å². The van der Waals surface area contributed by atoms with E-state index in [-0.39, 0.29) is 16.4 Å². The van der Waals surface area contributed by atoms with E-state index in [0.717, 1.165) is 19.4 Å². The fourth-order valence-corrected chi connectivity index (χ4v) is 3.68. The summed E-state index contributed by atoms with van der Waals surface area (Å²) in [6.45, 7) is 3.87. The molecular formula is C21H28N2O5S. The van der Waals surface area contributed by atoms with E-state index in [1.54, 1.807) is 36.4 Å². The first-order valence-corrected chi connectivity index (χ1v) is 11.1. The molecule has 2 rings (SSSR count). The molecule has 0 spiro atoms. The molecule has 0 atom stereocenters.